The summed E-state index contributed by atoms with van der Waals surface area (Å²) in [6.07, 6.45) is 1.57. The fourth-order valence-corrected chi connectivity index (χ4v) is 4.07. The van der Waals surface area contributed by atoms with E-state index in [0.29, 0.717) is 29.4 Å². The summed E-state index contributed by atoms with van der Waals surface area (Å²) >= 11 is 0. The molecule has 1 amide bonds. The molecular formula is C22H26N2O5. The van der Waals surface area contributed by atoms with Crippen LogP contribution in [0.1, 0.15) is 34.9 Å². The number of methoxy groups -OCH3 is 3. The molecule has 0 saturated carbocycles. The number of rotatable bonds is 6. The Morgan fingerprint density at radius 2 is 1.86 bits per heavy atom. The number of carbonyl (C=O) groups excluding carboxylic acids is 1. The maximum Gasteiger partial charge on any atom is 0.257 e. The highest BCUT2D eigenvalue weighted by molar-refractivity contribution is 6.01. The summed E-state index contributed by atoms with van der Waals surface area (Å²) in [5, 5.41) is 3.50. The van der Waals surface area contributed by atoms with Crippen LogP contribution in [0, 0.1) is 0 Å². The number of ether oxygens (including phenoxy) is 4. The summed E-state index contributed by atoms with van der Waals surface area (Å²) < 4.78 is 22.5. The van der Waals surface area contributed by atoms with Gasteiger partial charge in [0.05, 0.1) is 33.0 Å². The maximum atomic E-state index is 13.4. The van der Waals surface area contributed by atoms with Gasteiger partial charge in [-0.2, -0.15) is 0 Å². The average molecular weight is 398 g/mol. The summed E-state index contributed by atoms with van der Waals surface area (Å²) in [4.78, 5) is 15.2. The Labute approximate surface area is 170 Å². The van der Waals surface area contributed by atoms with Gasteiger partial charge >= 0.3 is 0 Å². The number of benzene rings is 2. The molecule has 0 radical (unpaired) electrons. The predicted octanol–water partition coefficient (Wildman–Crippen LogP) is 3.46. The lowest BCUT2D eigenvalue weighted by Crippen LogP contribution is -2.46. The molecule has 1 saturated heterocycles. The minimum absolute atomic E-state index is 0.0275. The zero-order valence-corrected chi connectivity index (χ0v) is 16.9. The number of para-hydroxylation sites is 1. The zero-order valence-electron chi connectivity index (χ0n) is 16.9. The van der Waals surface area contributed by atoms with Crippen molar-refractivity contribution in [1.29, 1.82) is 0 Å². The highest BCUT2D eigenvalue weighted by Crippen LogP contribution is 2.45. The van der Waals surface area contributed by atoms with Crippen molar-refractivity contribution in [1.82, 2.24) is 4.90 Å². The molecule has 2 heterocycles. The van der Waals surface area contributed by atoms with Gasteiger partial charge in [0.2, 0.25) is 5.75 Å². The number of fused-ring (bicyclic) bond motifs is 1. The van der Waals surface area contributed by atoms with Crippen LogP contribution in [0.3, 0.4) is 0 Å². The Morgan fingerprint density at radius 3 is 2.55 bits per heavy atom. The SMILES string of the molecule is COc1ccc(C2Nc3ccccc3C(=O)N2CC2CCCO2)c(OC)c1OC. The first-order valence-corrected chi connectivity index (χ1v) is 9.75. The molecule has 29 heavy (non-hydrogen) atoms. The Kier molecular flexibility index (Phi) is 5.49. The lowest BCUT2D eigenvalue weighted by atomic mass is 10.0. The smallest absolute Gasteiger partial charge is 0.257 e. The monoisotopic (exact) mass is 398 g/mol. The molecule has 4 rings (SSSR count). The average Bonchev–Trinajstić information content (AvgIpc) is 3.27. The van der Waals surface area contributed by atoms with Gasteiger partial charge in [-0.05, 0) is 37.1 Å². The van der Waals surface area contributed by atoms with Crippen molar-refractivity contribution in [2.24, 2.45) is 0 Å². The van der Waals surface area contributed by atoms with Crippen molar-refractivity contribution in [3.63, 3.8) is 0 Å². The fourth-order valence-electron chi connectivity index (χ4n) is 4.07. The summed E-state index contributed by atoms with van der Waals surface area (Å²) in [7, 11) is 4.74. The molecule has 154 valence electrons. The van der Waals surface area contributed by atoms with Gasteiger partial charge in [0.1, 0.15) is 6.17 Å². The molecule has 2 aromatic rings. The molecule has 2 atom stereocenters. The molecule has 0 aromatic heterocycles. The third-order valence-corrected chi connectivity index (χ3v) is 5.48. The number of nitrogens with one attached hydrogen (secondary N) is 1. The van der Waals surface area contributed by atoms with E-state index in [1.807, 2.05) is 41.3 Å². The van der Waals surface area contributed by atoms with Crippen molar-refractivity contribution in [2.75, 3.05) is 39.8 Å². The molecule has 7 nitrogen and oxygen atoms in total. The van der Waals surface area contributed by atoms with Gasteiger partial charge in [0.15, 0.2) is 11.5 Å². The van der Waals surface area contributed by atoms with Gasteiger partial charge in [0.25, 0.3) is 5.91 Å². The molecule has 0 bridgehead atoms. The van der Waals surface area contributed by atoms with Gasteiger partial charge < -0.3 is 29.2 Å². The van der Waals surface area contributed by atoms with Crippen LogP contribution in [0.2, 0.25) is 0 Å². The van der Waals surface area contributed by atoms with E-state index in [9.17, 15) is 4.79 Å². The van der Waals surface area contributed by atoms with E-state index >= 15 is 0 Å². The lowest BCUT2D eigenvalue weighted by molar-refractivity contribution is 0.0424. The molecular weight excluding hydrogens is 372 g/mol. The van der Waals surface area contributed by atoms with Crippen molar-refractivity contribution in [3.05, 3.63) is 47.5 Å². The van der Waals surface area contributed by atoms with Crippen LogP contribution in [0.4, 0.5) is 5.69 Å². The molecule has 1 fully saturated rings. The van der Waals surface area contributed by atoms with E-state index in [4.69, 9.17) is 18.9 Å². The standard InChI is InChI=1S/C22H26N2O5/c1-26-18-11-10-16(19(27-2)20(18)28-3)21-23-17-9-5-4-8-15(17)22(25)24(21)13-14-7-6-12-29-14/h4-5,8-11,14,21,23H,6-7,12-13H2,1-3H3. The summed E-state index contributed by atoms with van der Waals surface area (Å²) in [5.74, 6) is 1.57. The van der Waals surface area contributed by atoms with E-state index < -0.39 is 6.17 Å². The number of anilines is 1. The maximum absolute atomic E-state index is 13.4. The summed E-state index contributed by atoms with van der Waals surface area (Å²) in [6.45, 7) is 1.24. The van der Waals surface area contributed by atoms with Crippen molar-refractivity contribution < 1.29 is 23.7 Å². The van der Waals surface area contributed by atoms with Gasteiger partial charge in [0, 0.05) is 24.4 Å². The van der Waals surface area contributed by atoms with Crippen LogP contribution in [0.25, 0.3) is 0 Å². The van der Waals surface area contributed by atoms with Crippen LogP contribution in [0.15, 0.2) is 36.4 Å². The molecule has 7 heteroatoms. The van der Waals surface area contributed by atoms with Crippen molar-refractivity contribution in [2.45, 2.75) is 25.1 Å². The van der Waals surface area contributed by atoms with E-state index in [-0.39, 0.29) is 12.0 Å². The topological polar surface area (TPSA) is 69.3 Å². The second-order valence-corrected chi connectivity index (χ2v) is 7.11. The van der Waals surface area contributed by atoms with Crippen LogP contribution in [0.5, 0.6) is 17.2 Å². The van der Waals surface area contributed by atoms with Gasteiger partial charge in [-0.25, -0.2) is 0 Å². The Morgan fingerprint density at radius 1 is 1.07 bits per heavy atom. The summed E-state index contributed by atoms with van der Waals surface area (Å²) in [6, 6.07) is 11.3. The number of amides is 1. The van der Waals surface area contributed by atoms with Gasteiger partial charge in [-0.3, -0.25) is 4.79 Å². The molecule has 0 spiro atoms. The molecule has 2 unspecified atom stereocenters. The van der Waals surface area contributed by atoms with E-state index in [2.05, 4.69) is 5.32 Å². The minimum atomic E-state index is -0.420. The minimum Gasteiger partial charge on any atom is -0.493 e. The molecule has 0 aliphatic carbocycles. The van der Waals surface area contributed by atoms with Crippen molar-refractivity contribution >= 4 is 11.6 Å². The van der Waals surface area contributed by atoms with E-state index in [0.717, 1.165) is 30.7 Å². The third-order valence-electron chi connectivity index (χ3n) is 5.48. The molecule has 1 N–H and O–H groups in total. The van der Waals surface area contributed by atoms with Gasteiger partial charge in [-0.15, -0.1) is 0 Å². The number of carbonyl (C=O) groups is 1. The van der Waals surface area contributed by atoms with E-state index in [1.54, 1.807) is 21.3 Å². The molecule has 2 aliphatic rings. The second-order valence-electron chi connectivity index (χ2n) is 7.11. The summed E-state index contributed by atoms with van der Waals surface area (Å²) in [5.41, 5.74) is 2.25. The van der Waals surface area contributed by atoms with E-state index in [1.165, 1.54) is 0 Å². The van der Waals surface area contributed by atoms with Gasteiger partial charge in [-0.1, -0.05) is 12.1 Å². The number of hydrogen-bond donors (Lipinski definition) is 1. The Bertz CT molecular complexity index is 895. The normalized spacial score (nSPS) is 20.8. The van der Waals surface area contributed by atoms with Crippen LogP contribution < -0.4 is 19.5 Å². The molecule has 2 aliphatic heterocycles. The molecule has 2 aromatic carbocycles. The quantitative estimate of drug-likeness (QED) is 0.804. The first kappa shape index (κ1) is 19.4. The van der Waals surface area contributed by atoms with Crippen LogP contribution >= 0.6 is 0 Å². The highest BCUT2D eigenvalue weighted by Gasteiger charge is 2.37. The first-order chi connectivity index (χ1) is 14.2. The highest BCUT2D eigenvalue weighted by atomic mass is 16.5. The Balaban J connectivity index is 1.80. The zero-order chi connectivity index (χ0) is 20.4. The van der Waals surface area contributed by atoms with Crippen LogP contribution in [-0.4, -0.2) is 51.4 Å². The number of hydrogen-bond acceptors (Lipinski definition) is 6. The largest absolute Gasteiger partial charge is 0.493 e. The fraction of sp³-hybridized carbons (Fsp3) is 0.409. The third kappa shape index (κ3) is 3.46. The number of nitrogens with zero attached hydrogens (tertiary/aromatic N) is 1. The Hall–Kier alpha value is -2.93. The van der Waals surface area contributed by atoms with Crippen molar-refractivity contribution in [3.8, 4) is 17.2 Å². The second kappa shape index (κ2) is 8.21. The first-order valence-electron chi connectivity index (χ1n) is 9.75. The lowest BCUT2D eigenvalue weighted by Gasteiger charge is -2.39. The van der Waals surface area contributed by atoms with Crippen LogP contribution in [-0.2, 0) is 4.74 Å². The predicted molar refractivity (Wildman–Crippen MR) is 109 cm³/mol.